The monoisotopic (exact) mass is 250 g/mol. The van der Waals surface area contributed by atoms with E-state index in [1.807, 2.05) is 16.8 Å². The predicted octanol–water partition coefficient (Wildman–Crippen LogP) is 2.92. The lowest BCUT2D eigenvalue weighted by Gasteiger charge is -2.19. The van der Waals surface area contributed by atoms with Crippen molar-refractivity contribution in [2.75, 3.05) is 0 Å². The lowest BCUT2D eigenvalue weighted by molar-refractivity contribution is 0.0693. The molecular weight excluding hydrogens is 236 g/mol. The van der Waals surface area contributed by atoms with Crippen LogP contribution >= 0.6 is 11.8 Å². The summed E-state index contributed by atoms with van der Waals surface area (Å²) in [5.74, 6) is -0.915. The van der Waals surface area contributed by atoms with Crippen molar-refractivity contribution < 1.29 is 9.90 Å². The van der Waals surface area contributed by atoms with Crippen LogP contribution in [0.25, 0.3) is 5.65 Å². The zero-order chi connectivity index (χ0) is 12.6. The van der Waals surface area contributed by atoms with E-state index in [-0.39, 0.29) is 4.75 Å². The van der Waals surface area contributed by atoms with Gasteiger partial charge < -0.3 is 9.51 Å². The Morgan fingerprint density at radius 1 is 1.47 bits per heavy atom. The number of carbonyl (C=O) groups is 1. The van der Waals surface area contributed by atoms with Gasteiger partial charge in [0.1, 0.15) is 5.65 Å². The average Bonchev–Trinajstić information content (AvgIpc) is 2.60. The summed E-state index contributed by atoms with van der Waals surface area (Å²) >= 11 is 1.54. The van der Waals surface area contributed by atoms with Crippen LogP contribution in [0.1, 0.15) is 31.1 Å². The number of rotatable bonds is 2. The first-order chi connectivity index (χ1) is 7.87. The number of hydrogen-bond donors (Lipinski definition) is 1. The molecular formula is C12H14N2O2S. The minimum absolute atomic E-state index is 0.0293. The molecule has 90 valence electrons. The highest BCUT2D eigenvalue weighted by molar-refractivity contribution is 8.00. The molecule has 2 aromatic heterocycles. The van der Waals surface area contributed by atoms with Crippen LogP contribution in [0.5, 0.6) is 0 Å². The quantitative estimate of drug-likeness (QED) is 0.833. The first-order valence-corrected chi connectivity index (χ1v) is 6.07. The van der Waals surface area contributed by atoms with Crippen LogP contribution in [-0.2, 0) is 0 Å². The molecule has 0 atom stereocenters. The number of pyridine rings is 1. The molecule has 0 radical (unpaired) electrons. The molecule has 2 heterocycles. The highest BCUT2D eigenvalue weighted by Crippen LogP contribution is 2.34. The number of aromatic carboxylic acids is 1. The number of carboxylic acids is 1. The number of carboxylic acid groups (broad SMARTS) is 1. The fraction of sp³-hybridized carbons (Fsp3) is 0.333. The van der Waals surface area contributed by atoms with E-state index in [1.54, 1.807) is 24.0 Å². The van der Waals surface area contributed by atoms with Gasteiger partial charge in [0.2, 0.25) is 0 Å². The number of fused-ring (bicyclic) bond motifs is 1. The Balaban J connectivity index is 2.57. The summed E-state index contributed by atoms with van der Waals surface area (Å²) in [5.41, 5.74) is 0.962. The van der Waals surface area contributed by atoms with Crippen LogP contribution in [0.4, 0.5) is 0 Å². The molecule has 0 aliphatic carbocycles. The molecule has 0 aromatic carbocycles. The zero-order valence-corrected chi connectivity index (χ0v) is 10.8. The lowest BCUT2D eigenvalue weighted by Crippen LogP contribution is -2.10. The van der Waals surface area contributed by atoms with Gasteiger partial charge >= 0.3 is 5.97 Å². The standard InChI is InChI=1S/C12H14N2O2S/c1-12(2,3)17-9-7-14-5-4-13-10(14)6-8(9)11(15)16/h4-7H,1-3H3,(H,15,16). The smallest absolute Gasteiger partial charge is 0.337 e. The first kappa shape index (κ1) is 12.0. The summed E-state index contributed by atoms with van der Waals surface area (Å²) in [6, 6.07) is 1.61. The molecule has 17 heavy (non-hydrogen) atoms. The van der Waals surface area contributed by atoms with Gasteiger partial charge in [0.15, 0.2) is 0 Å². The third-order valence-corrected chi connectivity index (χ3v) is 3.30. The third-order valence-electron chi connectivity index (χ3n) is 2.14. The van der Waals surface area contributed by atoms with Crippen molar-refractivity contribution in [2.24, 2.45) is 0 Å². The van der Waals surface area contributed by atoms with Gasteiger partial charge in [0, 0.05) is 28.2 Å². The minimum atomic E-state index is -0.915. The summed E-state index contributed by atoms with van der Waals surface area (Å²) in [7, 11) is 0. The van der Waals surface area contributed by atoms with E-state index < -0.39 is 5.97 Å². The van der Waals surface area contributed by atoms with Crippen LogP contribution < -0.4 is 0 Å². The van der Waals surface area contributed by atoms with Crippen LogP contribution in [0.2, 0.25) is 0 Å². The summed E-state index contributed by atoms with van der Waals surface area (Å²) < 4.78 is 1.80. The van der Waals surface area contributed by atoms with Gasteiger partial charge in [-0.2, -0.15) is 0 Å². The molecule has 2 aromatic rings. The van der Waals surface area contributed by atoms with Crippen molar-refractivity contribution in [1.29, 1.82) is 0 Å². The van der Waals surface area contributed by atoms with E-state index in [4.69, 9.17) is 0 Å². The SMILES string of the molecule is CC(C)(C)Sc1cn2ccnc2cc1C(=O)O. The topological polar surface area (TPSA) is 54.6 Å². The van der Waals surface area contributed by atoms with Crippen molar-refractivity contribution in [3.8, 4) is 0 Å². The number of hydrogen-bond acceptors (Lipinski definition) is 3. The largest absolute Gasteiger partial charge is 0.478 e. The van der Waals surface area contributed by atoms with E-state index in [2.05, 4.69) is 25.8 Å². The maximum atomic E-state index is 11.2. The summed E-state index contributed by atoms with van der Waals surface area (Å²) in [6.45, 7) is 6.17. The Morgan fingerprint density at radius 3 is 2.76 bits per heavy atom. The van der Waals surface area contributed by atoms with Crippen molar-refractivity contribution in [3.63, 3.8) is 0 Å². The van der Waals surface area contributed by atoms with Crippen LogP contribution in [-0.4, -0.2) is 25.2 Å². The second-order valence-corrected chi connectivity index (χ2v) is 6.63. The molecule has 4 nitrogen and oxygen atoms in total. The highest BCUT2D eigenvalue weighted by Gasteiger charge is 2.19. The highest BCUT2D eigenvalue weighted by atomic mass is 32.2. The van der Waals surface area contributed by atoms with E-state index in [0.717, 1.165) is 4.90 Å². The molecule has 2 rings (SSSR count). The molecule has 0 saturated heterocycles. The van der Waals surface area contributed by atoms with E-state index in [9.17, 15) is 9.90 Å². The van der Waals surface area contributed by atoms with Crippen LogP contribution in [0.15, 0.2) is 29.6 Å². The molecule has 0 spiro atoms. The molecule has 0 bridgehead atoms. The van der Waals surface area contributed by atoms with E-state index in [1.165, 1.54) is 0 Å². The number of imidazole rings is 1. The van der Waals surface area contributed by atoms with Gasteiger partial charge in [0.05, 0.1) is 5.56 Å². The Kier molecular flexibility index (Phi) is 2.87. The zero-order valence-electron chi connectivity index (χ0n) is 9.97. The second-order valence-electron chi connectivity index (χ2n) is 4.76. The summed E-state index contributed by atoms with van der Waals surface area (Å²) in [5, 5.41) is 9.21. The maximum absolute atomic E-state index is 11.2. The van der Waals surface area contributed by atoms with Gasteiger partial charge in [-0.25, -0.2) is 9.78 Å². The molecule has 0 amide bonds. The predicted molar refractivity (Wildman–Crippen MR) is 67.8 cm³/mol. The van der Waals surface area contributed by atoms with Crippen molar-refractivity contribution in [3.05, 3.63) is 30.2 Å². The summed E-state index contributed by atoms with van der Waals surface area (Å²) in [4.78, 5) is 16.1. The molecule has 1 N–H and O–H groups in total. The number of nitrogens with zero attached hydrogens (tertiary/aromatic N) is 2. The van der Waals surface area contributed by atoms with Gasteiger partial charge in [-0.1, -0.05) is 20.8 Å². The van der Waals surface area contributed by atoms with Gasteiger partial charge in [0.25, 0.3) is 0 Å². The van der Waals surface area contributed by atoms with Gasteiger partial charge in [-0.3, -0.25) is 0 Å². The molecule has 0 fully saturated rings. The van der Waals surface area contributed by atoms with Crippen molar-refractivity contribution >= 4 is 23.4 Å². The first-order valence-electron chi connectivity index (χ1n) is 5.26. The third kappa shape index (κ3) is 2.61. The molecule has 0 aliphatic rings. The normalized spacial score (nSPS) is 11.9. The molecule has 5 heteroatoms. The number of aromatic nitrogens is 2. The Morgan fingerprint density at radius 2 is 2.18 bits per heavy atom. The molecule has 0 unspecified atom stereocenters. The molecule has 0 aliphatic heterocycles. The minimum Gasteiger partial charge on any atom is -0.478 e. The van der Waals surface area contributed by atoms with Crippen LogP contribution in [0.3, 0.4) is 0 Å². The molecule has 0 saturated carbocycles. The average molecular weight is 250 g/mol. The van der Waals surface area contributed by atoms with Gasteiger partial charge in [-0.15, -0.1) is 11.8 Å². The van der Waals surface area contributed by atoms with E-state index >= 15 is 0 Å². The van der Waals surface area contributed by atoms with Crippen molar-refractivity contribution in [1.82, 2.24) is 9.38 Å². The summed E-state index contributed by atoms with van der Waals surface area (Å²) in [6.07, 6.45) is 5.29. The Labute approximate surface area is 104 Å². The lowest BCUT2D eigenvalue weighted by atomic mass is 10.2. The fourth-order valence-electron chi connectivity index (χ4n) is 1.52. The number of thioether (sulfide) groups is 1. The van der Waals surface area contributed by atoms with Crippen molar-refractivity contribution in [2.45, 2.75) is 30.4 Å². The Bertz CT molecular complexity index is 569. The second kappa shape index (κ2) is 4.07. The maximum Gasteiger partial charge on any atom is 0.337 e. The fourth-order valence-corrected chi connectivity index (χ4v) is 2.60. The van der Waals surface area contributed by atoms with Gasteiger partial charge in [-0.05, 0) is 6.07 Å². The Hall–Kier alpha value is -1.49. The van der Waals surface area contributed by atoms with Crippen LogP contribution in [0, 0.1) is 0 Å². The van der Waals surface area contributed by atoms with E-state index in [0.29, 0.717) is 11.2 Å².